The van der Waals surface area contributed by atoms with Crippen molar-refractivity contribution in [2.45, 2.75) is 38.9 Å². The quantitative estimate of drug-likeness (QED) is 0.850. The molecule has 5 nitrogen and oxygen atoms in total. The molecule has 3 atom stereocenters. The molecular weight excluding hydrogens is 242 g/mol. The first-order valence-electron chi connectivity index (χ1n) is 6.87. The number of rotatable bonds is 4. The van der Waals surface area contributed by atoms with E-state index < -0.39 is 0 Å². The first kappa shape index (κ1) is 14.1. The normalized spacial score (nSPS) is 26.1. The Morgan fingerprint density at radius 3 is 3.11 bits per heavy atom. The van der Waals surface area contributed by atoms with E-state index in [9.17, 15) is 4.79 Å². The zero-order chi connectivity index (χ0) is 13.8. The lowest BCUT2D eigenvalue weighted by atomic mass is 9.93. The van der Waals surface area contributed by atoms with E-state index in [4.69, 9.17) is 10.2 Å². The van der Waals surface area contributed by atoms with Gasteiger partial charge in [0, 0.05) is 12.6 Å². The number of amides is 1. The number of carbonyl (C=O) groups excluding carboxylic acids is 1. The summed E-state index contributed by atoms with van der Waals surface area (Å²) in [7, 11) is 0. The molecule has 106 valence electrons. The van der Waals surface area contributed by atoms with E-state index in [1.807, 2.05) is 19.1 Å². The molecule has 0 aliphatic carbocycles. The van der Waals surface area contributed by atoms with Crippen molar-refractivity contribution in [3.63, 3.8) is 0 Å². The molecule has 0 spiro atoms. The lowest BCUT2D eigenvalue weighted by Gasteiger charge is -2.37. The van der Waals surface area contributed by atoms with Crippen LogP contribution in [-0.2, 0) is 11.3 Å². The van der Waals surface area contributed by atoms with Crippen molar-refractivity contribution in [2.24, 2.45) is 11.7 Å². The largest absolute Gasteiger partial charge is 0.467 e. The summed E-state index contributed by atoms with van der Waals surface area (Å²) in [6, 6.07) is 3.68. The topological polar surface area (TPSA) is 71.5 Å². The predicted octanol–water partition coefficient (Wildman–Crippen LogP) is 0.953. The number of hydrogen-bond acceptors (Lipinski definition) is 4. The summed E-state index contributed by atoms with van der Waals surface area (Å²) >= 11 is 0. The van der Waals surface area contributed by atoms with Crippen LogP contribution in [0.5, 0.6) is 0 Å². The van der Waals surface area contributed by atoms with Gasteiger partial charge in [-0.25, -0.2) is 0 Å². The molecule has 1 aromatic rings. The Morgan fingerprint density at radius 1 is 1.68 bits per heavy atom. The minimum atomic E-state index is -0.145. The molecule has 0 saturated carbocycles. The second-order valence-electron chi connectivity index (χ2n) is 5.40. The SMILES string of the molecule is CC1CCN(C(C)C(=O)NCc2ccco2)CC1N. The maximum Gasteiger partial charge on any atom is 0.237 e. The summed E-state index contributed by atoms with van der Waals surface area (Å²) in [6.07, 6.45) is 2.66. The maximum absolute atomic E-state index is 12.1. The van der Waals surface area contributed by atoms with Crippen LogP contribution in [0.1, 0.15) is 26.0 Å². The van der Waals surface area contributed by atoms with Crippen molar-refractivity contribution in [1.82, 2.24) is 10.2 Å². The van der Waals surface area contributed by atoms with Gasteiger partial charge in [-0.1, -0.05) is 6.92 Å². The number of piperidine rings is 1. The summed E-state index contributed by atoms with van der Waals surface area (Å²) in [5, 5.41) is 2.89. The van der Waals surface area contributed by atoms with Crippen molar-refractivity contribution in [3.8, 4) is 0 Å². The molecule has 1 fully saturated rings. The Hall–Kier alpha value is -1.33. The van der Waals surface area contributed by atoms with Gasteiger partial charge in [0.15, 0.2) is 0 Å². The Morgan fingerprint density at radius 2 is 2.47 bits per heavy atom. The number of furan rings is 1. The third-order valence-corrected chi connectivity index (χ3v) is 3.99. The van der Waals surface area contributed by atoms with Crippen molar-refractivity contribution < 1.29 is 9.21 Å². The van der Waals surface area contributed by atoms with E-state index in [-0.39, 0.29) is 18.0 Å². The summed E-state index contributed by atoms with van der Waals surface area (Å²) in [4.78, 5) is 14.2. The standard InChI is InChI=1S/C14H23N3O2/c1-10-5-6-17(9-13(10)15)11(2)14(18)16-8-12-4-3-7-19-12/h3-4,7,10-11,13H,5-6,8-9,15H2,1-2H3,(H,16,18). The molecule has 0 bridgehead atoms. The fraction of sp³-hybridized carbons (Fsp3) is 0.643. The summed E-state index contributed by atoms with van der Waals surface area (Å²) in [5.41, 5.74) is 6.07. The zero-order valence-corrected chi connectivity index (χ0v) is 11.6. The van der Waals surface area contributed by atoms with E-state index >= 15 is 0 Å². The van der Waals surface area contributed by atoms with Crippen LogP contribution >= 0.6 is 0 Å². The molecule has 1 aliphatic heterocycles. The van der Waals surface area contributed by atoms with Gasteiger partial charge in [-0.3, -0.25) is 9.69 Å². The Bertz CT molecular complexity index is 405. The third-order valence-electron chi connectivity index (χ3n) is 3.99. The summed E-state index contributed by atoms with van der Waals surface area (Å²) in [5.74, 6) is 1.33. The monoisotopic (exact) mass is 265 g/mol. The second kappa shape index (κ2) is 6.21. The Labute approximate surface area is 114 Å². The molecule has 0 aromatic carbocycles. The van der Waals surface area contributed by atoms with E-state index in [2.05, 4.69) is 17.1 Å². The van der Waals surface area contributed by atoms with Gasteiger partial charge in [-0.05, 0) is 37.9 Å². The van der Waals surface area contributed by atoms with Gasteiger partial charge < -0.3 is 15.5 Å². The van der Waals surface area contributed by atoms with Gasteiger partial charge in [-0.2, -0.15) is 0 Å². The number of carbonyl (C=O) groups is 1. The highest BCUT2D eigenvalue weighted by atomic mass is 16.3. The molecular formula is C14H23N3O2. The van der Waals surface area contributed by atoms with Crippen LogP contribution in [0, 0.1) is 5.92 Å². The smallest absolute Gasteiger partial charge is 0.237 e. The van der Waals surface area contributed by atoms with Gasteiger partial charge in [0.1, 0.15) is 5.76 Å². The fourth-order valence-corrected chi connectivity index (χ4v) is 2.38. The minimum absolute atomic E-state index is 0.0261. The fourth-order valence-electron chi connectivity index (χ4n) is 2.38. The molecule has 1 aromatic heterocycles. The highest BCUT2D eigenvalue weighted by Gasteiger charge is 2.29. The average molecular weight is 265 g/mol. The molecule has 1 aliphatic rings. The molecule has 3 unspecified atom stereocenters. The molecule has 1 amide bonds. The van der Waals surface area contributed by atoms with E-state index in [0.29, 0.717) is 12.5 Å². The van der Waals surface area contributed by atoms with Gasteiger partial charge in [0.05, 0.1) is 18.8 Å². The molecule has 19 heavy (non-hydrogen) atoms. The first-order valence-corrected chi connectivity index (χ1v) is 6.87. The maximum atomic E-state index is 12.1. The van der Waals surface area contributed by atoms with Crippen LogP contribution < -0.4 is 11.1 Å². The number of nitrogens with zero attached hydrogens (tertiary/aromatic N) is 1. The van der Waals surface area contributed by atoms with Crippen LogP contribution in [0.4, 0.5) is 0 Å². The second-order valence-corrected chi connectivity index (χ2v) is 5.40. The molecule has 5 heteroatoms. The van der Waals surface area contributed by atoms with Crippen molar-refractivity contribution in [1.29, 1.82) is 0 Å². The molecule has 3 N–H and O–H groups in total. The van der Waals surface area contributed by atoms with Crippen molar-refractivity contribution in [3.05, 3.63) is 24.2 Å². The van der Waals surface area contributed by atoms with Gasteiger partial charge in [0.25, 0.3) is 0 Å². The number of nitrogens with two attached hydrogens (primary N) is 1. The number of likely N-dealkylation sites (tertiary alicyclic amines) is 1. The van der Waals surface area contributed by atoms with Gasteiger partial charge >= 0.3 is 0 Å². The Balaban J connectivity index is 1.81. The number of nitrogens with one attached hydrogen (secondary N) is 1. The van der Waals surface area contributed by atoms with Crippen molar-refractivity contribution in [2.75, 3.05) is 13.1 Å². The number of hydrogen-bond donors (Lipinski definition) is 2. The van der Waals surface area contributed by atoms with Crippen molar-refractivity contribution >= 4 is 5.91 Å². The minimum Gasteiger partial charge on any atom is -0.467 e. The molecule has 1 saturated heterocycles. The molecule has 0 radical (unpaired) electrons. The molecule has 2 heterocycles. The zero-order valence-electron chi connectivity index (χ0n) is 11.6. The first-order chi connectivity index (χ1) is 9.08. The van der Waals surface area contributed by atoms with Crippen LogP contribution in [0.3, 0.4) is 0 Å². The van der Waals surface area contributed by atoms with E-state index in [0.717, 1.165) is 25.3 Å². The van der Waals surface area contributed by atoms with Gasteiger partial charge in [-0.15, -0.1) is 0 Å². The molecule has 2 rings (SSSR count). The highest BCUT2D eigenvalue weighted by molar-refractivity contribution is 5.81. The third kappa shape index (κ3) is 3.58. The van der Waals surface area contributed by atoms with E-state index in [1.165, 1.54) is 0 Å². The average Bonchev–Trinajstić information content (AvgIpc) is 2.91. The van der Waals surface area contributed by atoms with Crippen LogP contribution in [0.2, 0.25) is 0 Å². The van der Waals surface area contributed by atoms with Crippen LogP contribution in [0.25, 0.3) is 0 Å². The predicted molar refractivity (Wildman–Crippen MR) is 73.3 cm³/mol. The lowest BCUT2D eigenvalue weighted by molar-refractivity contribution is -0.126. The summed E-state index contributed by atoms with van der Waals surface area (Å²) < 4.78 is 5.19. The van der Waals surface area contributed by atoms with Crippen LogP contribution in [-0.4, -0.2) is 36.0 Å². The van der Waals surface area contributed by atoms with E-state index in [1.54, 1.807) is 6.26 Å². The summed E-state index contributed by atoms with van der Waals surface area (Å²) in [6.45, 7) is 6.26. The lowest BCUT2D eigenvalue weighted by Crippen LogP contribution is -2.54. The van der Waals surface area contributed by atoms with Crippen LogP contribution in [0.15, 0.2) is 22.8 Å². The Kier molecular flexibility index (Phi) is 4.61. The van der Waals surface area contributed by atoms with Gasteiger partial charge in [0.2, 0.25) is 5.91 Å². The highest BCUT2D eigenvalue weighted by Crippen LogP contribution is 2.17.